The van der Waals surface area contributed by atoms with E-state index in [0.717, 1.165) is 24.4 Å². The second-order valence-electron chi connectivity index (χ2n) is 5.25. The van der Waals surface area contributed by atoms with Crippen LogP contribution in [-0.2, 0) is 4.79 Å². The van der Waals surface area contributed by atoms with Gasteiger partial charge in [0.2, 0.25) is 0 Å². The lowest BCUT2D eigenvalue weighted by Crippen LogP contribution is -2.40. The van der Waals surface area contributed by atoms with Crippen LogP contribution in [0.25, 0.3) is 0 Å². The number of aryl methyl sites for hydroxylation is 2. The monoisotopic (exact) mass is 249 g/mol. The van der Waals surface area contributed by atoms with Crippen LogP contribution < -0.4 is 5.32 Å². The van der Waals surface area contributed by atoms with Crippen molar-refractivity contribution in [2.24, 2.45) is 5.41 Å². The number of aliphatic carboxylic acids is 1. The van der Waals surface area contributed by atoms with Crippen LogP contribution in [-0.4, -0.2) is 27.1 Å². The lowest BCUT2D eigenvalue weighted by molar-refractivity contribution is -0.147. The van der Waals surface area contributed by atoms with Crippen molar-refractivity contribution in [3.63, 3.8) is 0 Å². The van der Waals surface area contributed by atoms with Crippen molar-refractivity contribution in [2.75, 3.05) is 5.32 Å². The Labute approximate surface area is 107 Å². The average Bonchev–Trinajstić information content (AvgIpc) is 2.60. The van der Waals surface area contributed by atoms with Crippen molar-refractivity contribution in [3.05, 3.63) is 17.6 Å². The van der Waals surface area contributed by atoms with Crippen molar-refractivity contribution in [1.29, 1.82) is 0 Å². The van der Waals surface area contributed by atoms with E-state index < -0.39 is 11.4 Å². The molecule has 1 fully saturated rings. The lowest BCUT2D eigenvalue weighted by Gasteiger charge is -2.28. The predicted molar refractivity (Wildman–Crippen MR) is 68.5 cm³/mol. The third-order valence-electron chi connectivity index (χ3n) is 3.73. The maximum absolute atomic E-state index is 11.4. The van der Waals surface area contributed by atoms with Crippen LogP contribution >= 0.6 is 0 Å². The van der Waals surface area contributed by atoms with E-state index in [1.807, 2.05) is 19.9 Å². The van der Waals surface area contributed by atoms with E-state index in [-0.39, 0.29) is 6.04 Å². The molecule has 0 saturated heterocycles. The van der Waals surface area contributed by atoms with Gasteiger partial charge in [0, 0.05) is 17.8 Å². The molecule has 0 spiro atoms. The maximum atomic E-state index is 11.4. The molecule has 0 bridgehead atoms. The smallest absolute Gasteiger partial charge is 0.311 e. The maximum Gasteiger partial charge on any atom is 0.311 e. The van der Waals surface area contributed by atoms with Gasteiger partial charge in [0.15, 0.2) is 0 Å². The van der Waals surface area contributed by atoms with E-state index in [4.69, 9.17) is 0 Å². The summed E-state index contributed by atoms with van der Waals surface area (Å²) in [7, 11) is 0. The summed E-state index contributed by atoms with van der Waals surface area (Å²) in [5, 5.41) is 12.6. The fourth-order valence-electron chi connectivity index (χ4n) is 2.62. The topological polar surface area (TPSA) is 75.1 Å². The number of carboxylic acids is 1. The second kappa shape index (κ2) is 4.55. The van der Waals surface area contributed by atoms with Gasteiger partial charge in [-0.1, -0.05) is 6.42 Å². The third kappa shape index (κ3) is 2.30. The molecule has 2 atom stereocenters. The molecule has 5 heteroatoms. The van der Waals surface area contributed by atoms with Crippen LogP contribution in [0.5, 0.6) is 0 Å². The number of aromatic nitrogens is 2. The highest BCUT2D eigenvalue weighted by Crippen LogP contribution is 2.39. The van der Waals surface area contributed by atoms with Gasteiger partial charge in [-0.15, -0.1) is 0 Å². The molecule has 2 unspecified atom stereocenters. The molecule has 0 aromatic carbocycles. The molecule has 5 nitrogen and oxygen atoms in total. The third-order valence-corrected chi connectivity index (χ3v) is 3.73. The summed E-state index contributed by atoms with van der Waals surface area (Å²) in [5.41, 5.74) is 0.187. The second-order valence-corrected chi connectivity index (χ2v) is 5.25. The number of hydrogen-bond acceptors (Lipinski definition) is 4. The Morgan fingerprint density at radius 2 is 2.22 bits per heavy atom. The highest BCUT2D eigenvalue weighted by Gasteiger charge is 2.45. The molecule has 1 aromatic heterocycles. The average molecular weight is 249 g/mol. The molecule has 1 aliphatic rings. The van der Waals surface area contributed by atoms with Crippen LogP contribution in [0, 0.1) is 19.3 Å². The summed E-state index contributed by atoms with van der Waals surface area (Å²) < 4.78 is 0. The van der Waals surface area contributed by atoms with Gasteiger partial charge in [0.25, 0.3) is 0 Å². The minimum absolute atomic E-state index is 0.0660. The molecule has 0 radical (unpaired) electrons. The molecule has 1 aliphatic carbocycles. The van der Waals surface area contributed by atoms with Crippen molar-refractivity contribution in [2.45, 2.75) is 46.1 Å². The van der Waals surface area contributed by atoms with Crippen LogP contribution in [0.15, 0.2) is 6.07 Å². The zero-order valence-electron chi connectivity index (χ0n) is 11.0. The van der Waals surface area contributed by atoms with Crippen molar-refractivity contribution < 1.29 is 9.90 Å². The minimum atomic E-state index is -0.736. The van der Waals surface area contributed by atoms with Crippen LogP contribution in [0.3, 0.4) is 0 Å². The normalized spacial score (nSPS) is 27.2. The highest BCUT2D eigenvalue weighted by molar-refractivity contribution is 5.76. The van der Waals surface area contributed by atoms with E-state index in [2.05, 4.69) is 15.3 Å². The van der Waals surface area contributed by atoms with Crippen LogP contribution in [0.2, 0.25) is 0 Å². The number of carbonyl (C=O) groups is 1. The van der Waals surface area contributed by atoms with Crippen LogP contribution in [0.4, 0.5) is 5.82 Å². The van der Waals surface area contributed by atoms with Gasteiger partial charge in [-0.25, -0.2) is 9.97 Å². The number of hydrogen-bond donors (Lipinski definition) is 2. The zero-order chi connectivity index (χ0) is 13.3. The van der Waals surface area contributed by atoms with E-state index in [9.17, 15) is 9.90 Å². The fourth-order valence-corrected chi connectivity index (χ4v) is 2.62. The molecule has 2 rings (SSSR count). The predicted octanol–water partition coefficient (Wildman–Crippen LogP) is 2.15. The van der Waals surface area contributed by atoms with Gasteiger partial charge in [-0.3, -0.25) is 4.79 Å². The molecule has 1 saturated carbocycles. The van der Waals surface area contributed by atoms with Gasteiger partial charge in [-0.2, -0.15) is 0 Å². The first-order chi connectivity index (χ1) is 8.41. The molecule has 18 heavy (non-hydrogen) atoms. The number of nitrogens with one attached hydrogen (secondary N) is 1. The summed E-state index contributed by atoms with van der Waals surface area (Å²) in [4.78, 5) is 19.9. The minimum Gasteiger partial charge on any atom is -0.481 e. The summed E-state index contributed by atoms with van der Waals surface area (Å²) in [6, 6.07) is 1.79. The highest BCUT2D eigenvalue weighted by atomic mass is 16.4. The lowest BCUT2D eigenvalue weighted by atomic mass is 9.85. The number of nitrogens with zero attached hydrogens (tertiary/aromatic N) is 2. The van der Waals surface area contributed by atoms with Crippen molar-refractivity contribution >= 4 is 11.8 Å². The number of carboxylic acid groups (broad SMARTS) is 1. The molecule has 0 amide bonds. The Hall–Kier alpha value is -1.65. The van der Waals surface area contributed by atoms with Gasteiger partial charge >= 0.3 is 5.97 Å². The Morgan fingerprint density at radius 1 is 1.50 bits per heavy atom. The first-order valence-corrected chi connectivity index (χ1v) is 6.24. The van der Waals surface area contributed by atoms with Gasteiger partial charge in [-0.05, 0) is 33.6 Å². The van der Waals surface area contributed by atoms with Gasteiger partial charge < -0.3 is 10.4 Å². The van der Waals surface area contributed by atoms with E-state index in [0.29, 0.717) is 12.2 Å². The quantitative estimate of drug-likeness (QED) is 0.858. The van der Waals surface area contributed by atoms with E-state index in [1.165, 1.54) is 0 Å². The van der Waals surface area contributed by atoms with Crippen molar-refractivity contribution in [3.8, 4) is 0 Å². The molecule has 1 heterocycles. The summed E-state index contributed by atoms with van der Waals surface area (Å²) in [5.74, 6) is 0.687. The first-order valence-electron chi connectivity index (χ1n) is 6.24. The van der Waals surface area contributed by atoms with Gasteiger partial charge in [0.05, 0.1) is 5.41 Å². The van der Waals surface area contributed by atoms with E-state index >= 15 is 0 Å². The Kier molecular flexibility index (Phi) is 3.24. The largest absolute Gasteiger partial charge is 0.481 e. The van der Waals surface area contributed by atoms with Crippen molar-refractivity contribution in [1.82, 2.24) is 9.97 Å². The Balaban J connectivity index is 2.20. The fraction of sp³-hybridized carbons (Fsp3) is 0.615. The summed E-state index contributed by atoms with van der Waals surface area (Å²) in [6.45, 7) is 5.55. The number of anilines is 1. The molecule has 1 aromatic rings. The molecular formula is C13H19N3O2. The Morgan fingerprint density at radius 3 is 2.83 bits per heavy atom. The molecular weight excluding hydrogens is 230 g/mol. The van der Waals surface area contributed by atoms with Crippen LogP contribution in [0.1, 0.15) is 37.7 Å². The zero-order valence-corrected chi connectivity index (χ0v) is 11.0. The van der Waals surface area contributed by atoms with E-state index in [1.54, 1.807) is 6.92 Å². The summed E-state index contributed by atoms with van der Waals surface area (Å²) >= 11 is 0. The van der Waals surface area contributed by atoms with Gasteiger partial charge in [0.1, 0.15) is 11.6 Å². The standard InChI is InChI=1S/C13H19N3O2/c1-8-7-11(15-9(2)14-8)16-10-5-4-6-13(10,3)12(17)18/h7,10H,4-6H2,1-3H3,(H,17,18)(H,14,15,16). The SMILES string of the molecule is Cc1cc(NC2CCCC2(C)C(=O)O)nc(C)n1. The molecule has 0 aliphatic heterocycles. The molecule has 98 valence electrons. The Bertz CT molecular complexity index is 455. The molecule has 2 N–H and O–H groups in total. The number of rotatable bonds is 3. The first kappa shape index (κ1) is 12.8. The summed E-state index contributed by atoms with van der Waals surface area (Å²) in [6.07, 6.45) is 2.51.